The number of methoxy groups -OCH3 is 1. The third kappa shape index (κ3) is 3.36. The van der Waals surface area contributed by atoms with Crippen molar-refractivity contribution in [3.05, 3.63) is 70.8 Å². The Hall–Kier alpha value is -2.62. The molecule has 4 heteroatoms. The van der Waals surface area contributed by atoms with Crippen LogP contribution in [-0.4, -0.2) is 24.2 Å². The number of aliphatic carboxylic acids is 1. The first-order valence-corrected chi connectivity index (χ1v) is 8.95. The number of carboxylic acids is 1. The van der Waals surface area contributed by atoms with Gasteiger partial charge in [-0.1, -0.05) is 48.4 Å². The van der Waals surface area contributed by atoms with Crippen LogP contribution in [0.4, 0.5) is 0 Å². The zero-order chi connectivity index (χ0) is 18.7. The SMILES string of the molecule is COC(=O)c1ccc(C2CCCC(C(=O)O)(c3ccc(C)cc3)C2)cc1. The summed E-state index contributed by atoms with van der Waals surface area (Å²) in [5.41, 5.74) is 2.74. The number of aryl methyl sites for hydroxylation is 1. The number of carbonyl (C=O) groups is 2. The van der Waals surface area contributed by atoms with E-state index in [0.29, 0.717) is 18.4 Å². The molecule has 4 nitrogen and oxygen atoms in total. The van der Waals surface area contributed by atoms with Crippen LogP contribution in [0.5, 0.6) is 0 Å². The Kier molecular flexibility index (Phi) is 5.12. The number of esters is 1. The summed E-state index contributed by atoms with van der Waals surface area (Å²) < 4.78 is 4.74. The van der Waals surface area contributed by atoms with Crippen LogP contribution >= 0.6 is 0 Å². The van der Waals surface area contributed by atoms with E-state index < -0.39 is 11.4 Å². The first-order valence-electron chi connectivity index (χ1n) is 8.95. The Bertz CT molecular complexity index is 792. The van der Waals surface area contributed by atoms with Gasteiger partial charge in [0.2, 0.25) is 0 Å². The van der Waals surface area contributed by atoms with E-state index in [0.717, 1.165) is 29.5 Å². The second-order valence-corrected chi connectivity index (χ2v) is 7.16. The van der Waals surface area contributed by atoms with E-state index in [1.807, 2.05) is 43.3 Å². The predicted octanol–water partition coefficient (Wildman–Crippen LogP) is 4.46. The van der Waals surface area contributed by atoms with Crippen LogP contribution in [0.15, 0.2) is 48.5 Å². The molecule has 1 aliphatic carbocycles. The first-order chi connectivity index (χ1) is 12.5. The highest BCUT2D eigenvalue weighted by Crippen LogP contribution is 2.46. The zero-order valence-electron chi connectivity index (χ0n) is 15.2. The maximum Gasteiger partial charge on any atom is 0.337 e. The van der Waals surface area contributed by atoms with Crippen molar-refractivity contribution in [2.45, 2.75) is 43.9 Å². The summed E-state index contributed by atoms with van der Waals surface area (Å²) in [4.78, 5) is 23.9. The van der Waals surface area contributed by atoms with Gasteiger partial charge in [0.15, 0.2) is 0 Å². The van der Waals surface area contributed by atoms with Crippen LogP contribution in [0.3, 0.4) is 0 Å². The van der Waals surface area contributed by atoms with E-state index in [4.69, 9.17) is 4.74 Å². The van der Waals surface area contributed by atoms with Gasteiger partial charge in [0, 0.05) is 0 Å². The third-order valence-corrected chi connectivity index (χ3v) is 5.57. The first kappa shape index (κ1) is 18.2. The largest absolute Gasteiger partial charge is 0.481 e. The smallest absolute Gasteiger partial charge is 0.337 e. The summed E-state index contributed by atoms with van der Waals surface area (Å²) in [5, 5.41) is 10.1. The lowest BCUT2D eigenvalue weighted by Gasteiger charge is -2.38. The quantitative estimate of drug-likeness (QED) is 0.825. The molecule has 1 fully saturated rings. The van der Waals surface area contributed by atoms with Gasteiger partial charge in [0.05, 0.1) is 18.1 Å². The number of benzene rings is 2. The fourth-order valence-electron chi connectivity index (χ4n) is 4.02. The van der Waals surface area contributed by atoms with Gasteiger partial charge in [0.1, 0.15) is 0 Å². The van der Waals surface area contributed by atoms with Crippen LogP contribution in [0.1, 0.15) is 58.6 Å². The minimum atomic E-state index is -0.850. The fraction of sp³-hybridized carbons (Fsp3) is 0.364. The van der Waals surface area contributed by atoms with Crippen LogP contribution < -0.4 is 0 Å². The van der Waals surface area contributed by atoms with Crippen molar-refractivity contribution in [3.63, 3.8) is 0 Å². The Morgan fingerprint density at radius 1 is 1.08 bits per heavy atom. The highest BCUT2D eigenvalue weighted by molar-refractivity contribution is 5.89. The molecule has 1 saturated carbocycles. The van der Waals surface area contributed by atoms with Crippen LogP contribution in [-0.2, 0) is 14.9 Å². The van der Waals surface area contributed by atoms with Crippen molar-refractivity contribution in [2.75, 3.05) is 7.11 Å². The van der Waals surface area contributed by atoms with Crippen molar-refractivity contribution >= 4 is 11.9 Å². The van der Waals surface area contributed by atoms with Crippen molar-refractivity contribution in [2.24, 2.45) is 0 Å². The molecule has 2 aromatic rings. The Labute approximate surface area is 153 Å². The maximum atomic E-state index is 12.3. The maximum absolute atomic E-state index is 12.3. The molecule has 136 valence electrons. The second-order valence-electron chi connectivity index (χ2n) is 7.16. The van der Waals surface area contributed by atoms with Crippen molar-refractivity contribution in [3.8, 4) is 0 Å². The van der Waals surface area contributed by atoms with Gasteiger partial charge < -0.3 is 9.84 Å². The number of carbonyl (C=O) groups excluding carboxylic acids is 1. The Morgan fingerprint density at radius 3 is 2.31 bits per heavy atom. The molecule has 0 heterocycles. The number of ether oxygens (including phenoxy) is 1. The van der Waals surface area contributed by atoms with E-state index in [1.54, 1.807) is 12.1 Å². The highest BCUT2D eigenvalue weighted by atomic mass is 16.5. The van der Waals surface area contributed by atoms with E-state index in [-0.39, 0.29) is 11.9 Å². The molecule has 1 N–H and O–H groups in total. The molecule has 26 heavy (non-hydrogen) atoms. The highest BCUT2D eigenvalue weighted by Gasteiger charge is 2.44. The molecule has 0 bridgehead atoms. The molecule has 3 rings (SSSR count). The van der Waals surface area contributed by atoms with Gasteiger partial charge in [0.25, 0.3) is 0 Å². The van der Waals surface area contributed by atoms with E-state index in [2.05, 4.69) is 0 Å². The average Bonchev–Trinajstić information content (AvgIpc) is 2.68. The molecule has 1 aliphatic rings. The molecule has 0 amide bonds. The minimum absolute atomic E-state index is 0.160. The normalized spacial score (nSPS) is 22.6. The van der Waals surface area contributed by atoms with Crippen molar-refractivity contribution in [1.29, 1.82) is 0 Å². The zero-order valence-corrected chi connectivity index (χ0v) is 15.2. The standard InChI is InChI=1S/C22H24O4/c1-15-5-11-19(12-6-15)22(21(24)25)13-3-4-18(14-22)16-7-9-17(10-8-16)20(23)26-2/h5-12,18H,3-4,13-14H2,1-2H3,(H,24,25). The Balaban J connectivity index is 1.90. The summed E-state index contributed by atoms with van der Waals surface area (Å²) in [7, 11) is 1.36. The van der Waals surface area contributed by atoms with E-state index in [1.165, 1.54) is 7.11 Å². The second kappa shape index (κ2) is 7.32. The molecular weight excluding hydrogens is 328 g/mol. The number of rotatable bonds is 4. The summed E-state index contributed by atoms with van der Waals surface area (Å²) in [6, 6.07) is 15.2. The van der Waals surface area contributed by atoms with Crippen LogP contribution in [0, 0.1) is 6.92 Å². The van der Waals surface area contributed by atoms with Gasteiger partial charge in [-0.25, -0.2) is 4.79 Å². The average molecular weight is 352 g/mol. The van der Waals surface area contributed by atoms with Crippen molar-refractivity contribution in [1.82, 2.24) is 0 Å². The van der Waals surface area contributed by atoms with Crippen molar-refractivity contribution < 1.29 is 19.4 Å². The summed E-state index contributed by atoms with van der Waals surface area (Å²) in [5.74, 6) is -0.954. The van der Waals surface area contributed by atoms with E-state index >= 15 is 0 Å². The summed E-state index contributed by atoms with van der Waals surface area (Å²) >= 11 is 0. The van der Waals surface area contributed by atoms with E-state index in [9.17, 15) is 14.7 Å². The van der Waals surface area contributed by atoms with Gasteiger partial charge in [-0.05, 0) is 55.4 Å². The van der Waals surface area contributed by atoms with Gasteiger partial charge in [-0.15, -0.1) is 0 Å². The molecule has 2 aromatic carbocycles. The lowest BCUT2D eigenvalue weighted by atomic mass is 9.64. The van der Waals surface area contributed by atoms with Gasteiger partial charge >= 0.3 is 11.9 Å². The number of carboxylic acid groups (broad SMARTS) is 1. The molecular formula is C22H24O4. The number of hydrogen-bond acceptors (Lipinski definition) is 3. The summed E-state index contributed by atoms with van der Waals surface area (Å²) in [6.45, 7) is 2.00. The number of hydrogen-bond donors (Lipinski definition) is 1. The van der Waals surface area contributed by atoms with Gasteiger partial charge in [-0.3, -0.25) is 4.79 Å². The lowest BCUT2D eigenvalue weighted by molar-refractivity contribution is -0.145. The molecule has 0 radical (unpaired) electrons. The molecule has 2 atom stereocenters. The molecule has 0 aliphatic heterocycles. The molecule has 0 aromatic heterocycles. The van der Waals surface area contributed by atoms with Crippen LogP contribution in [0.2, 0.25) is 0 Å². The minimum Gasteiger partial charge on any atom is -0.481 e. The molecule has 0 spiro atoms. The Morgan fingerprint density at radius 2 is 1.73 bits per heavy atom. The topological polar surface area (TPSA) is 63.6 Å². The van der Waals surface area contributed by atoms with Crippen LogP contribution in [0.25, 0.3) is 0 Å². The molecule has 0 saturated heterocycles. The fourth-order valence-corrected chi connectivity index (χ4v) is 4.02. The third-order valence-electron chi connectivity index (χ3n) is 5.57. The molecule has 2 unspecified atom stereocenters. The predicted molar refractivity (Wildman–Crippen MR) is 99.5 cm³/mol. The summed E-state index contributed by atoms with van der Waals surface area (Å²) in [6.07, 6.45) is 3.05. The monoisotopic (exact) mass is 352 g/mol. The lowest BCUT2D eigenvalue weighted by Crippen LogP contribution is -2.40. The van der Waals surface area contributed by atoms with Gasteiger partial charge in [-0.2, -0.15) is 0 Å².